The second-order valence-electron chi connectivity index (χ2n) is 5.95. The van der Waals surface area contributed by atoms with Crippen molar-refractivity contribution < 1.29 is 4.39 Å². The topological polar surface area (TPSA) is 12.0 Å². The normalized spacial score (nSPS) is 30.2. The van der Waals surface area contributed by atoms with Crippen LogP contribution < -0.4 is 5.32 Å². The molecule has 1 aromatic rings. The van der Waals surface area contributed by atoms with Gasteiger partial charge in [-0.2, -0.15) is 0 Å². The maximum atomic E-state index is 13.5. The van der Waals surface area contributed by atoms with Gasteiger partial charge in [0.25, 0.3) is 0 Å². The SMILES string of the molecule is CCNC(Cc1ccc(Cl)c(F)c1)C1C2CCCC21. The van der Waals surface area contributed by atoms with E-state index in [1.807, 2.05) is 6.07 Å². The van der Waals surface area contributed by atoms with Gasteiger partial charge in [0.2, 0.25) is 0 Å². The maximum absolute atomic E-state index is 13.5. The fourth-order valence-electron chi connectivity index (χ4n) is 4.00. The predicted octanol–water partition coefficient (Wildman–Crippen LogP) is 4.05. The van der Waals surface area contributed by atoms with E-state index >= 15 is 0 Å². The number of hydrogen-bond acceptors (Lipinski definition) is 1. The van der Waals surface area contributed by atoms with Crippen LogP contribution in [0.3, 0.4) is 0 Å². The van der Waals surface area contributed by atoms with Crippen LogP contribution in [-0.2, 0) is 6.42 Å². The zero-order chi connectivity index (χ0) is 13.4. The van der Waals surface area contributed by atoms with E-state index in [4.69, 9.17) is 11.6 Å². The minimum absolute atomic E-state index is 0.215. The molecule has 1 aromatic carbocycles. The molecule has 0 radical (unpaired) electrons. The molecule has 2 aliphatic carbocycles. The van der Waals surface area contributed by atoms with Gasteiger partial charge in [-0.3, -0.25) is 0 Å². The summed E-state index contributed by atoms with van der Waals surface area (Å²) in [6, 6.07) is 5.71. The number of halogens is 2. The molecule has 1 N–H and O–H groups in total. The lowest BCUT2D eigenvalue weighted by Gasteiger charge is -2.20. The smallest absolute Gasteiger partial charge is 0.142 e. The Morgan fingerprint density at radius 2 is 2.11 bits per heavy atom. The molecule has 3 unspecified atom stereocenters. The van der Waals surface area contributed by atoms with Crippen LogP contribution in [0.5, 0.6) is 0 Å². The fourth-order valence-corrected chi connectivity index (χ4v) is 4.12. The Balaban J connectivity index is 1.69. The Kier molecular flexibility index (Phi) is 3.81. The standard InChI is InChI=1S/C16H21ClFN/c1-2-19-15(16-11-4-3-5-12(11)16)9-10-6-7-13(17)14(18)8-10/h6-8,11-12,15-16,19H,2-5,9H2,1H3. The summed E-state index contributed by atoms with van der Waals surface area (Å²) in [4.78, 5) is 0. The zero-order valence-corrected chi connectivity index (χ0v) is 12.1. The van der Waals surface area contributed by atoms with Crippen LogP contribution >= 0.6 is 11.6 Å². The van der Waals surface area contributed by atoms with Gasteiger partial charge in [0.15, 0.2) is 0 Å². The molecule has 2 saturated carbocycles. The first kappa shape index (κ1) is 13.4. The highest BCUT2D eigenvalue weighted by molar-refractivity contribution is 6.30. The lowest BCUT2D eigenvalue weighted by Crippen LogP contribution is -2.34. The van der Waals surface area contributed by atoms with Crippen LogP contribution in [0.1, 0.15) is 31.7 Å². The van der Waals surface area contributed by atoms with Crippen LogP contribution in [0.25, 0.3) is 0 Å². The van der Waals surface area contributed by atoms with E-state index in [2.05, 4.69) is 12.2 Å². The molecule has 3 atom stereocenters. The van der Waals surface area contributed by atoms with Gasteiger partial charge >= 0.3 is 0 Å². The summed E-state index contributed by atoms with van der Waals surface area (Å²) in [5.74, 6) is 2.38. The summed E-state index contributed by atoms with van der Waals surface area (Å²) in [7, 11) is 0. The van der Waals surface area contributed by atoms with Gasteiger partial charge in [-0.15, -0.1) is 0 Å². The van der Waals surface area contributed by atoms with Crippen molar-refractivity contribution in [3.63, 3.8) is 0 Å². The monoisotopic (exact) mass is 281 g/mol. The van der Waals surface area contributed by atoms with Crippen molar-refractivity contribution in [2.24, 2.45) is 17.8 Å². The van der Waals surface area contributed by atoms with E-state index < -0.39 is 0 Å². The molecule has 1 nitrogen and oxygen atoms in total. The number of hydrogen-bond donors (Lipinski definition) is 1. The summed E-state index contributed by atoms with van der Waals surface area (Å²) >= 11 is 5.74. The summed E-state index contributed by atoms with van der Waals surface area (Å²) in [6.07, 6.45) is 5.11. The van der Waals surface area contributed by atoms with Crippen LogP contribution in [0, 0.1) is 23.6 Å². The molecule has 0 heterocycles. The molecular formula is C16H21ClFN. The van der Waals surface area contributed by atoms with E-state index in [1.165, 1.54) is 19.3 Å². The van der Waals surface area contributed by atoms with Crippen LogP contribution in [0.4, 0.5) is 4.39 Å². The molecule has 104 valence electrons. The molecular weight excluding hydrogens is 261 g/mol. The molecule has 0 aliphatic heterocycles. The molecule has 3 heteroatoms. The third-order valence-corrected chi connectivity index (χ3v) is 5.15. The molecule has 3 rings (SSSR count). The Labute approximate surface area is 119 Å². The summed E-state index contributed by atoms with van der Waals surface area (Å²) < 4.78 is 13.5. The molecule has 0 spiro atoms. The summed E-state index contributed by atoms with van der Waals surface area (Å²) in [5, 5.41) is 3.82. The lowest BCUT2D eigenvalue weighted by molar-refractivity contribution is 0.410. The van der Waals surface area contributed by atoms with E-state index in [-0.39, 0.29) is 10.8 Å². The van der Waals surface area contributed by atoms with Crippen LogP contribution in [0.2, 0.25) is 5.02 Å². The second kappa shape index (κ2) is 5.41. The van der Waals surface area contributed by atoms with Gasteiger partial charge in [-0.05, 0) is 61.3 Å². The number of likely N-dealkylation sites (N-methyl/N-ethyl adjacent to an activating group) is 1. The molecule has 19 heavy (non-hydrogen) atoms. The minimum atomic E-state index is -0.301. The van der Waals surface area contributed by atoms with Gasteiger partial charge in [0.1, 0.15) is 5.82 Å². The van der Waals surface area contributed by atoms with Gasteiger partial charge in [0.05, 0.1) is 5.02 Å². The van der Waals surface area contributed by atoms with Gasteiger partial charge in [0, 0.05) is 6.04 Å². The first-order chi connectivity index (χ1) is 9.20. The Morgan fingerprint density at radius 1 is 1.37 bits per heavy atom. The molecule has 0 aromatic heterocycles. The first-order valence-electron chi connectivity index (χ1n) is 7.38. The van der Waals surface area contributed by atoms with Crippen LogP contribution in [0.15, 0.2) is 18.2 Å². The Bertz CT molecular complexity index is 452. The third-order valence-electron chi connectivity index (χ3n) is 4.84. The van der Waals surface area contributed by atoms with Gasteiger partial charge in [-0.25, -0.2) is 4.39 Å². The quantitative estimate of drug-likeness (QED) is 0.859. The number of fused-ring (bicyclic) bond motifs is 1. The van der Waals surface area contributed by atoms with Crippen molar-refractivity contribution in [3.8, 4) is 0 Å². The van der Waals surface area contributed by atoms with Crippen molar-refractivity contribution in [3.05, 3.63) is 34.6 Å². The maximum Gasteiger partial charge on any atom is 0.142 e. The highest BCUT2D eigenvalue weighted by atomic mass is 35.5. The fraction of sp³-hybridized carbons (Fsp3) is 0.625. The second-order valence-corrected chi connectivity index (χ2v) is 6.36. The van der Waals surface area contributed by atoms with Gasteiger partial charge < -0.3 is 5.32 Å². The highest BCUT2D eigenvalue weighted by Gasteiger charge is 2.55. The number of benzene rings is 1. The predicted molar refractivity (Wildman–Crippen MR) is 76.9 cm³/mol. The average molecular weight is 282 g/mol. The highest BCUT2D eigenvalue weighted by Crippen LogP contribution is 2.59. The summed E-state index contributed by atoms with van der Waals surface area (Å²) in [6.45, 7) is 3.13. The van der Waals surface area contributed by atoms with Crippen molar-refractivity contribution in [1.82, 2.24) is 5.32 Å². The van der Waals surface area contributed by atoms with E-state index in [0.717, 1.165) is 36.3 Å². The Hall–Kier alpha value is -0.600. The largest absolute Gasteiger partial charge is 0.314 e. The van der Waals surface area contributed by atoms with Gasteiger partial charge in [-0.1, -0.05) is 31.0 Å². The Morgan fingerprint density at radius 3 is 2.74 bits per heavy atom. The average Bonchev–Trinajstić information content (AvgIpc) is 2.86. The first-order valence-corrected chi connectivity index (χ1v) is 7.75. The van der Waals surface area contributed by atoms with E-state index in [9.17, 15) is 4.39 Å². The summed E-state index contributed by atoms with van der Waals surface area (Å²) in [5.41, 5.74) is 1.05. The molecule has 2 fully saturated rings. The van der Waals surface area contributed by atoms with E-state index in [0.29, 0.717) is 6.04 Å². The van der Waals surface area contributed by atoms with Crippen molar-refractivity contribution in [1.29, 1.82) is 0 Å². The third kappa shape index (κ3) is 2.66. The molecule has 0 bridgehead atoms. The van der Waals surface area contributed by atoms with Crippen LogP contribution in [-0.4, -0.2) is 12.6 Å². The van der Waals surface area contributed by atoms with Crippen molar-refractivity contribution in [2.45, 2.75) is 38.6 Å². The van der Waals surface area contributed by atoms with Crippen molar-refractivity contribution in [2.75, 3.05) is 6.54 Å². The minimum Gasteiger partial charge on any atom is -0.314 e. The molecule has 2 aliphatic rings. The number of rotatable bonds is 5. The van der Waals surface area contributed by atoms with E-state index in [1.54, 1.807) is 12.1 Å². The molecule has 0 amide bonds. The zero-order valence-electron chi connectivity index (χ0n) is 11.3. The van der Waals surface area contributed by atoms with Crippen molar-refractivity contribution >= 4 is 11.6 Å². The number of nitrogens with one attached hydrogen (secondary N) is 1. The molecule has 0 saturated heterocycles. The lowest BCUT2D eigenvalue weighted by atomic mass is 9.97.